The number of ether oxygens (including phenoxy) is 1. The monoisotopic (exact) mass is 328 g/mol. The van der Waals surface area contributed by atoms with E-state index in [1.54, 1.807) is 4.90 Å². The molecule has 1 aliphatic rings. The first-order valence-electron chi connectivity index (χ1n) is 8.40. The van der Waals surface area contributed by atoms with Crippen LogP contribution in [0.5, 0.6) is 0 Å². The van der Waals surface area contributed by atoms with Crippen molar-refractivity contribution >= 4 is 12.1 Å². The summed E-state index contributed by atoms with van der Waals surface area (Å²) in [4.78, 5) is 24.8. The Balaban J connectivity index is 2.59. The fraction of sp³-hybridized carbons (Fsp3) is 0.882. The standard InChI is InChI=1S/C17H32N2O4/c1-12(2)7-8-13(3)18-17(9-14(20)21)10-19(11-17)15(22)23-16(4,5)6/h12-13,18H,7-11H2,1-6H3,(H,20,21). The molecular formula is C17H32N2O4. The van der Waals surface area contributed by atoms with Crippen LogP contribution in [0.3, 0.4) is 0 Å². The van der Waals surface area contributed by atoms with Crippen molar-refractivity contribution in [3.63, 3.8) is 0 Å². The van der Waals surface area contributed by atoms with Crippen LogP contribution in [0.4, 0.5) is 4.79 Å². The fourth-order valence-electron chi connectivity index (χ4n) is 2.86. The van der Waals surface area contributed by atoms with Gasteiger partial charge in [-0.2, -0.15) is 0 Å². The number of rotatable bonds is 7. The van der Waals surface area contributed by atoms with E-state index in [9.17, 15) is 14.7 Å². The number of carboxylic acids is 1. The maximum Gasteiger partial charge on any atom is 0.410 e. The minimum Gasteiger partial charge on any atom is -0.481 e. The van der Waals surface area contributed by atoms with Crippen LogP contribution in [0.25, 0.3) is 0 Å². The summed E-state index contributed by atoms with van der Waals surface area (Å²) in [6, 6.07) is 0.220. The fourth-order valence-corrected chi connectivity index (χ4v) is 2.86. The molecule has 2 N–H and O–H groups in total. The van der Waals surface area contributed by atoms with Crippen LogP contribution in [-0.4, -0.2) is 52.3 Å². The number of amides is 1. The van der Waals surface area contributed by atoms with Crippen molar-refractivity contribution in [2.24, 2.45) is 5.92 Å². The third-order valence-corrected chi connectivity index (χ3v) is 3.86. The Morgan fingerprint density at radius 2 is 1.78 bits per heavy atom. The van der Waals surface area contributed by atoms with Gasteiger partial charge in [0.2, 0.25) is 0 Å². The second-order valence-corrected chi connectivity index (χ2v) is 8.20. The molecule has 23 heavy (non-hydrogen) atoms. The number of carbonyl (C=O) groups excluding carboxylic acids is 1. The van der Waals surface area contributed by atoms with Gasteiger partial charge in [-0.15, -0.1) is 0 Å². The summed E-state index contributed by atoms with van der Waals surface area (Å²) < 4.78 is 5.34. The molecule has 1 atom stereocenters. The van der Waals surface area contributed by atoms with Crippen molar-refractivity contribution in [1.29, 1.82) is 0 Å². The topological polar surface area (TPSA) is 78.9 Å². The maximum absolute atomic E-state index is 12.0. The molecule has 0 aromatic heterocycles. The first kappa shape index (κ1) is 19.7. The van der Waals surface area contributed by atoms with E-state index in [1.165, 1.54) is 0 Å². The number of nitrogens with one attached hydrogen (secondary N) is 1. The predicted octanol–water partition coefficient (Wildman–Crippen LogP) is 2.86. The van der Waals surface area contributed by atoms with Crippen LogP contribution < -0.4 is 5.32 Å². The normalized spacial score (nSPS) is 18.5. The van der Waals surface area contributed by atoms with Gasteiger partial charge in [0.25, 0.3) is 0 Å². The van der Waals surface area contributed by atoms with Crippen LogP contribution in [0.1, 0.15) is 60.8 Å². The molecule has 0 aromatic rings. The molecule has 0 bridgehead atoms. The molecule has 6 nitrogen and oxygen atoms in total. The zero-order valence-electron chi connectivity index (χ0n) is 15.3. The summed E-state index contributed by atoms with van der Waals surface area (Å²) in [5.74, 6) is -0.230. The number of likely N-dealkylation sites (tertiary alicyclic amines) is 1. The Morgan fingerprint density at radius 3 is 2.22 bits per heavy atom. The Labute approximate surface area is 139 Å². The SMILES string of the molecule is CC(C)CCC(C)NC1(CC(=O)O)CN(C(=O)OC(C)(C)C)C1. The van der Waals surface area contributed by atoms with E-state index in [0.717, 1.165) is 12.8 Å². The van der Waals surface area contributed by atoms with Crippen LogP contribution in [0, 0.1) is 5.92 Å². The molecule has 1 saturated heterocycles. The van der Waals surface area contributed by atoms with Gasteiger partial charge >= 0.3 is 12.1 Å². The van der Waals surface area contributed by atoms with Crippen molar-refractivity contribution < 1.29 is 19.4 Å². The molecule has 134 valence electrons. The first-order chi connectivity index (χ1) is 10.4. The Morgan fingerprint density at radius 1 is 1.22 bits per heavy atom. The van der Waals surface area contributed by atoms with E-state index >= 15 is 0 Å². The van der Waals surface area contributed by atoms with E-state index in [0.29, 0.717) is 19.0 Å². The molecule has 1 heterocycles. The maximum atomic E-state index is 12.0. The van der Waals surface area contributed by atoms with E-state index in [1.807, 2.05) is 20.8 Å². The highest BCUT2D eigenvalue weighted by Gasteiger charge is 2.48. The molecule has 1 rings (SSSR count). The van der Waals surface area contributed by atoms with Gasteiger partial charge in [0.15, 0.2) is 0 Å². The molecular weight excluding hydrogens is 296 g/mol. The lowest BCUT2D eigenvalue weighted by Crippen LogP contribution is -2.72. The van der Waals surface area contributed by atoms with Crippen LogP contribution >= 0.6 is 0 Å². The number of carbonyl (C=O) groups is 2. The second-order valence-electron chi connectivity index (χ2n) is 8.20. The van der Waals surface area contributed by atoms with Crippen molar-refractivity contribution in [2.75, 3.05) is 13.1 Å². The smallest absolute Gasteiger partial charge is 0.410 e. The van der Waals surface area contributed by atoms with Crippen molar-refractivity contribution in [3.05, 3.63) is 0 Å². The summed E-state index contributed by atoms with van der Waals surface area (Å²) in [7, 11) is 0. The van der Waals surface area contributed by atoms with Gasteiger partial charge < -0.3 is 20.1 Å². The number of carboxylic acid groups (broad SMARTS) is 1. The van der Waals surface area contributed by atoms with Gasteiger partial charge in [-0.05, 0) is 46.5 Å². The number of aliphatic carboxylic acids is 1. The lowest BCUT2D eigenvalue weighted by molar-refractivity contribution is -0.141. The quantitative estimate of drug-likeness (QED) is 0.751. The van der Waals surface area contributed by atoms with Crippen LogP contribution in [-0.2, 0) is 9.53 Å². The molecule has 0 spiro atoms. The highest BCUT2D eigenvalue weighted by molar-refractivity contribution is 5.73. The third kappa shape index (κ3) is 6.77. The first-order valence-corrected chi connectivity index (χ1v) is 8.40. The van der Waals surface area contributed by atoms with Crippen molar-refractivity contribution in [3.8, 4) is 0 Å². The summed E-state index contributed by atoms with van der Waals surface area (Å²) >= 11 is 0. The average molecular weight is 328 g/mol. The van der Waals surface area contributed by atoms with E-state index in [2.05, 4.69) is 26.1 Å². The van der Waals surface area contributed by atoms with E-state index < -0.39 is 17.1 Å². The van der Waals surface area contributed by atoms with Gasteiger partial charge in [-0.25, -0.2) is 4.79 Å². The molecule has 6 heteroatoms. The minimum atomic E-state index is -0.850. The van der Waals surface area contributed by atoms with Gasteiger partial charge in [0, 0.05) is 19.1 Å². The highest BCUT2D eigenvalue weighted by Crippen LogP contribution is 2.28. The minimum absolute atomic E-state index is 0.0122. The van der Waals surface area contributed by atoms with Crippen LogP contribution in [0.2, 0.25) is 0 Å². The van der Waals surface area contributed by atoms with Gasteiger partial charge in [-0.3, -0.25) is 4.79 Å². The molecule has 1 amide bonds. The third-order valence-electron chi connectivity index (χ3n) is 3.86. The molecule has 1 fully saturated rings. The summed E-state index contributed by atoms with van der Waals surface area (Å²) in [5, 5.41) is 12.6. The van der Waals surface area contributed by atoms with Crippen molar-refractivity contribution in [1.82, 2.24) is 10.2 Å². The number of hydrogen-bond acceptors (Lipinski definition) is 4. The lowest BCUT2D eigenvalue weighted by atomic mass is 9.85. The van der Waals surface area contributed by atoms with E-state index in [4.69, 9.17) is 4.74 Å². The average Bonchev–Trinajstić information content (AvgIpc) is 2.29. The zero-order chi connectivity index (χ0) is 17.8. The van der Waals surface area contributed by atoms with Crippen LogP contribution in [0.15, 0.2) is 0 Å². The second kappa shape index (κ2) is 7.51. The van der Waals surface area contributed by atoms with Gasteiger partial charge in [0.1, 0.15) is 5.60 Å². The largest absolute Gasteiger partial charge is 0.481 e. The lowest BCUT2D eigenvalue weighted by Gasteiger charge is -2.51. The summed E-state index contributed by atoms with van der Waals surface area (Å²) in [6.45, 7) is 12.6. The highest BCUT2D eigenvalue weighted by atomic mass is 16.6. The molecule has 1 unspecified atom stereocenters. The predicted molar refractivity (Wildman–Crippen MR) is 89.5 cm³/mol. The number of hydrogen-bond donors (Lipinski definition) is 2. The Bertz CT molecular complexity index is 423. The summed E-state index contributed by atoms with van der Waals surface area (Å²) in [6.07, 6.45) is 1.71. The molecule has 0 aromatic carbocycles. The molecule has 1 aliphatic heterocycles. The van der Waals surface area contributed by atoms with Crippen molar-refractivity contribution in [2.45, 2.75) is 78.0 Å². The Hall–Kier alpha value is -1.30. The molecule has 0 aliphatic carbocycles. The Kier molecular flexibility index (Phi) is 6.45. The van der Waals surface area contributed by atoms with Gasteiger partial charge in [-0.1, -0.05) is 13.8 Å². The summed E-state index contributed by atoms with van der Waals surface area (Å²) in [5.41, 5.74) is -1.08. The zero-order valence-corrected chi connectivity index (χ0v) is 15.3. The number of nitrogens with zero attached hydrogens (tertiary/aromatic N) is 1. The molecule has 0 saturated carbocycles. The molecule has 0 radical (unpaired) electrons. The van der Waals surface area contributed by atoms with Gasteiger partial charge in [0.05, 0.1) is 12.0 Å². The van der Waals surface area contributed by atoms with E-state index in [-0.39, 0.29) is 18.6 Å².